The molecule has 46 heavy (non-hydrogen) atoms. The van der Waals surface area contributed by atoms with Gasteiger partial charge in [-0.3, -0.25) is 0 Å². The predicted molar refractivity (Wildman–Crippen MR) is 195 cm³/mol. The first-order valence-electron chi connectivity index (χ1n) is 26.2. The van der Waals surface area contributed by atoms with Crippen LogP contribution < -0.4 is 0 Å². The molecular formula is C45H30O. The summed E-state index contributed by atoms with van der Waals surface area (Å²) in [6, 6.07) is -18.7. The van der Waals surface area contributed by atoms with Crippen LogP contribution in [0.15, 0.2) is 149 Å². The molecule has 0 fully saturated rings. The molecule has 1 aliphatic rings. The van der Waals surface area contributed by atoms with Crippen molar-refractivity contribution in [1.29, 1.82) is 0 Å². The van der Waals surface area contributed by atoms with Crippen LogP contribution in [-0.4, -0.2) is 0 Å². The first-order valence-corrected chi connectivity index (χ1v) is 14.2. The van der Waals surface area contributed by atoms with E-state index < -0.39 is 222 Å². The van der Waals surface area contributed by atoms with Gasteiger partial charge in [0.2, 0.25) is 0 Å². The van der Waals surface area contributed by atoms with E-state index in [4.69, 9.17) is 25.0 Å². The molecular weight excluding hydrogens is 556 g/mol. The zero-order valence-corrected chi connectivity index (χ0v) is 23.9. The molecule has 1 heteroatoms. The van der Waals surface area contributed by atoms with Gasteiger partial charge in [-0.25, -0.2) is 0 Å². The van der Waals surface area contributed by atoms with Gasteiger partial charge in [0.15, 0.2) is 0 Å². The topological polar surface area (TPSA) is 13.1 Å². The average Bonchev–Trinajstić information content (AvgIpc) is 3.84. The number of hydrogen-bond acceptors (Lipinski definition) is 1. The Morgan fingerprint density at radius 3 is 1.83 bits per heavy atom. The first-order chi connectivity index (χ1) is 32.6. The maximum Gasteiger partial charge on any atom is 0.136 e. The van der Waals surface area contributed by atoms with Gasteiger partial charge in [-0.1, -0.05) is 141 Å². The Labute approximate surface area is 301 Å². The number of rotatable bonds is 2. The molecule has 0 aliphatic heterocycles. The van der Waals surface area contributed by atoms with E-state index in [0.29, 0.717) is 0 Å². The van der Waals surface area contributed by atoms with Crippen molar-refractivity contribution in [3.8, 4) is 33.4 Å². The molecule has 216 valence electrons. The highest BCUT2D eigenvalue weighted by molar-refractivity contribution is 6.24. The molecule has 0 atom stereocenters. The van der Waals surface area contributed by atoms with E-state index in [1.807, 2.05) is 0 Å². The van der Waals surface area contributed by atoms with Gasteiger partial charge in [0.05, 0.1) is 32.9 Å². The van der Waals surface area contributed by atoms with Crippen LogP contribution in [0.3, 0.4) is 0 Å². The molecule has 1 aliphatic carbocycles. The molecule has 0 radical (unpaired) electrons. The third-order valence-corrected chi connectivity index (χ3v) is 8.64. The van der Waals surface area contributed by atoms with Crippen LogP contribution in [0.1, 0.15) is 57.9 Å². The first kappa shape index (κ1) is 11.6. The van der Waals surface area contributed by atoms with Crippen LogP contribution in [-0.2, 0) is 5.41 Å². The van der Waals surface area contributed by atoms with Gasteiger partial charge in [-0.2, -0.15) is 0 Å². The summed E-state index contributed by atoms with van der Waals surface area (Å²) in [6.07, 6.45) is 0. The van der Waals surface area contributed by atoms with Crippen molar-refractivity contribution in [3.63, 3.8) is 0 Å². The van der Waals surface area contributed by atoms with Gasteiger partial charge in [-0.05, 0) is 95.0 Å². The van der Waals surface area contributed by atoms with E-state index in [0.717, 1.165) is 0 Å². The molecule has 0 amide bonds. The normalized spacial score (nSPS) is 20.9. The highest BCUT2D eigenvalue weighted by atomic mass is 16.3. The maximum atomic E-state index is 9.94. The van der Waals surface area contributed by atoms with Crippen molar-refractivity contribution in [3.05, 3.63) is 156 Å². The summed E-state index contributed by atoms with van der Waals surface area (Å²) in [5.41, 5.74) is -5.48. The lowest BCUT2D eigenvalue weighted by Gasteiger charge is -2.26. The van der Waals surface area contributed by atoms with Crippen molar-refractivity contribution in [2.45, 2.75) is 19.3 Å². The standard InChI is InChI=1S/C45H30O/c1-45(2)38-21-10-9-14-30(38)35-19-11-20-36(44(35)45)42-33-17-7-5-15-31(33)41(32-16-6-8-18-34(32)42)28-23-24-39-37(26-28)43-29-13-4-3-12-27(29)22-25-40(43)46-39/h3-26H,1-2H3/i3D,4D,5D,6D,7D,8D,9D,10D,11D,12D,13D,14D,15D,16D,17D,18D,19D,20D,21D,22D,23D,24D,25D,26D. The predicted octanol–water partition coefficient (Wildman–Crippen LogP) is 12.7. The maximum absolute atomic E-state index is 9.94. The van der Waals surface area contributed by atoms with Crippen molar-refractivity contribution >= 4 is 54.3 Å². The van der Waals surface area contributed by atoms with Crippen LogP contribution in [0.25, 0.3) is 87.6 Å². The van der Waals surface area contributed by atoms with Crippen LogP contribution in [0.2, 0.25) is 0 Å². The van der Waals surface area contributed by atoms with E-state index in [1.54, 1.807) is 0 Å². The summed E-state index contributed by atoms with van der Waals surface area (Å²) < 4.78 is 224. The second kappa shape index (κ2) is 9.19. The highest BCUT2D eigenvalue weighted by Crippen LogP contribution is 2.54. The zero-order chi connectivity index (χ0) is 51.5. The Morgan fingerprint density at radius 1 is 0.478 bits per heavy atom. The summed E-state index contributed by atoms with van der Waals surface area (Å²) in [4.78, 5) is 0. The molecule has 0 spiro atoms. The van der Waals surface area contributed by atoms with Crippen LogP contribution in [0.5, 0.6) is 0 Å². The van der Waals surface area contributed by atoms with E-state index in [9.17, 15) is 12.3 Å². The molecule has 8 aromatic carbocycles. The number of hydrogen-bond donors (Lipinski definition) is 0. The quantitative estimate of drug-likeness (QED) is 0.177. The summed E-state index contributed by atoms with van der Waals surface area (Å²) in [5, 5.41) is -4.01. The molecule has 1 aromatic heterocycles. The van der Waals surface area contributed by atoms with E-state index >= 15 is 0 Å². The third-order valence-electron chi connectivity index (χ3n) is 8.64. The molecule has 9 aromatic rings. The number of fused-ring (bicyclic) bond motifs is 10. The second-order valence-corrected chi connectivity index (χ2v) is 11.4. The van der Waals surface area contributed by atoms with E-state index in [-0.39, 0.29) is 27.6 Å². The molecule has 1 heterocycles. The molecule has 0 unspecified atom stereocenters. The highest BCUT2D eigenvalue weighted by Gasteiger charge is 2.37. The van der Waals surface area contributed by atoms with Crippen molar-refractivity contribution in [1.82, 2.24) is 0 Å². The van der Waals surface area contributed by atoms with E-state index in [2.05, 4.69) is 0 Å². The summed E-state index contributed by atoms with van der Waals surface area (Å²) in [5.74, 6) is 0. The Balaban J connectivity index is 1.54. The monoisotopic (exact) mass is 610 g/mol. The fourth-order valence-corrected chi connectivity index (χ4v) is 6.70. The number of benzene rings is 8. The molecule has 10 rings (SSSR count). The smallest absolute Gasteiger partial charge is 0.136 e. The van der Waals surface area contributed by atoms with Crippen LogP contribution >= 0.6 is 0 Å². The molecule has 1 nitrogen and oxygen atoms in total. The van der Waals surface area contributed by atoms with E-state index in [1.165, 1.54) is 13.8 Å². The van der Waals surface area contributed by atoms with Crippen LogP contribution in [0, 0.1) is 0 Å². The van der Waals surface area contributed by atoms with Gasteiger partial charge >= 0.3 is 0 Å². The van der Waals surface area contributed by atoms with Gasteiger partial charge in [0.25, 0.3) is 0 Å². The summed E-state index contributed by atoms with van der Waals surface area (Å²) in [6.45, 7) is 3.03. The van der Waals surface area contributed by atoms with Gasteiger partial charge in [-0.15, -0.1) is 0 Å². The van der Waals surface area contributed by atoms with Gasteiger partial charge in [0.1, 0.15) is 11.2 Å². The zero-order valence-electron chi connectivity index (χ0n) is 47.9. The average molecular weight is 611 g/mol. The molecule has 0 saturated carbocycles. The Bertz CT molecular complexity index is 4000. The lowest BCUT2D eigenvalue weighted by atomic mass is 9.77. The van der Waals surface area contributed by atoms with Crippen molar-refractivity contribution in [2.24, 2.45) is 0 Å². The SMILES string of the molecule is [2H]c1c([2H])c([2H])c2c(c1[2H])-c1c([2H])c([2H])c([2H])c(-c3c4c([2H])c([2H])c([2H])c([2H])c4c(-c4c([2H])c([2H])c5oc6c([2H])c([2H])c7c([2H])c([2H])c([2H])c([2H])c7c6c5c4[2H])c4c([2H])c([2H])c([2H])c([2H])c34)c1C2(C)C. The summed E-state index contributed by atoms with van der Waals surface area (Å²) in [7, 11) is 0. The molecule has 0 N–H and O–H groups in total. The lowest BCUT2D eigenvalue weighted by Crippen LogP contribution is -2.16. The Morgan fingerprint density at radius 2 is 1.07 bits per heavy atom. The lowest BCUT2D eigenvalue weighted by molar-refractivity contribution is 0.662. The second-order valence-electron chi connectivity index (χ2n) is 11.4. The summed E-state index contributed by atoms with van der Waals surface area (Å²) >= 11 is 0. The Kier molecular flexibility index (Phi) is 2.32. The molecule has 0 bridgehead atoms. The van der Waals surface area contributed by atoms with Gasteiger partial charge < -0.3 is 4.42 Å². The minimum absolute atomic E-state index is 0.0469. The van der Waals surface area contributed by atoms with Crippen LogP contribution in [0.4, 0.5) is 0 Å². The van der Waals surface area contributed by atoms with Gasteiger partial charge in [0, 0.05) is 16.2 Å². The largest absolute Gasteiger partial charge is 0.456 e. The van der Waals surface area contributed by atoms with Crippen molar-refractivity contribution in [2.75, 3.05) is 0 Å². The van der Waals surface area contributed by atoms with Crippen molar-refractivity contribution < 1.29 is 37.3 Å². The third kappa shape index (κ3) is 3.35. The minimum Gasteiger partial charge on any atom is -0.456 e. The fraction of sp³-hybridized carbons (Fsp3) is 0.0667. The Hall–Kier alpha value is -5.66. The fourth-order valence-electron chi connectivity index (χ4n) is 6.70. The number of furan rings is 1. The molecule has 0 saturated heterocycles. The minimum atomic E-state index is -1.62.